The van der Waals surface area contributed by atoms with Crippen molar-refractivity contribution in [3.63, 3.8) is 0 Å². The Hall–Kier alpha value is -1.82. The number of rotatable bonds is 7. The average Bonchev–Trinajstić information content (AvgIpc) is 3.10. The minimum atomic E-state index is 0.143. The predicted octanol–water partition coefficient (Wildman–Crippen LogP) is 4.23. The van der Waals surface area contributed by atoms with Gasteiger partial charge in [-0.05, 0) is 24.0 Å². The van der Waals surface area contributed by atoms with Crippen LogP contribution in [0.5, 0.6) is 0 Å². The Morgan fingerprint density at radius 1 is 1.00 bits per heavy atom. The Morgan fingerprint density at radius 3 is 2.39 bits per heavy atom. The molecule has 5 heteroatoms. The molecule has 2 aromatic rings. The molecule has 0 radical (unpaired) electrons. The molecule has 2 fully saturated rings. The average molecular weight is 397 g/mol. The molecule has 1 amide bonds. The summed E-state index contributed by atoms with van der Waals surface area (Å²) in [6.07, 6.45) is 1.91. The van der Waals surface area contributed by atoms with E-state index in [1.807, 2.05) is 12.1 Å². The molecule has 2 aromatic carbocycles. The van der Waals surface area contributed by atoms with Crippen LogP contribution in [0.4, 0.5) is 4.79 Å². The summed E-state index contributed by atoms with van der Waals surface area (Å²) >= 11 is 1.51. The molecule has 0 spiro atoms. The van der Waals surface area contributed by atoms with E-state index in [4.69, 9.17) is 4.74 Å². The molecule has 2 saturated heterocycles. The molecule has 28 heavy (non-hydrogen) atoms. The number of hydrogen-bond acceptors (Lipinski definition) is 4. The molecule has 4 nitrogen and oxygen atoms in total. The second-order valence-corrected chi connectivity index (χ2v) is 8.77. The molecule has 2 aliphatic heterocycles. The fourth-order valence-corrected chi connectivity index (χ4v) is 5.22. The minimum absolute atomic E-state index is 0.143. The van der Waals surface area contributed by atoms with Crippen molar-refractivity contribution >= 4 is 17.0 Å². The predicted molar refractivity (Wildman–Crippen MR) is 115 cm³/mol. The molecule has 2 aliphatic rings. The summed E-state index contributed by atoms with van der Waals surface area (Å²) in [5, 5.41) is 0.543. The fraction of sp³-hybridized carbons (Fsp3) is 0.435. The van der Waals surface area contributed by atoms with Gasteiger partial charge in [-0.1, -0.05) is 72.4 Å². The summed E-state index contributed by atoms with van der Waals surface area (Å²) in [5.74, 6) is 0. The van der Waals surface area contributed by atoms with Crippen molar-refractivity contribution < 1.29 is 9.53 Å². The standard InChI is InChI=1S/C23H28N2O2S/c26-23-25(18-21(28-23)17-19-7-3-1-4-8-19)22(20-9-5-2-6-10-20)11-12-24-13-15-27-16-14-24/h1-10,21-22H,11-18H2. The molecular weight excluding hydrogens is 368 g/mol. The molecule has 2 unspecified atom stereocenters. The highest BCUT2D eigenvalue weighted by molar-refractivity contribution is 8.14. The van der Waals surface area contributed by atoms with Gasteiger partial charge in [0, 0.05) is 31.4 Å². The van der Waals surface area contributed by atoms with Crippen molar-refractivity contribution in [1.29, 1.82) is 0 Å². The number of morpholine rings is 1. The van der Waals surface area contributed by atoms with E-state index in [-0.39, 0.29) is 11.3 Å². The van der Waals surface area contributed by atoms with Crippen LogP contribution >= 0.6 is 11.8 Å². The van der Waals surface area contributed by atoms with Crippen LogP contribution in [-0.4, -0.2) is 59.7 Å². The molecule has 0 N–H and O–H groups in total. The maximum absolute atomic E-state index is 12.9. The summed E-state index contributed by atoms with van der Waals surface area (Å²) < 4.78 is 5.47. The van der Waals surface area contributed by atoms with Crippen molar-refractivity contribution in [2.24, 2.45) is 0 Å². The van der Waals surface area contributed by atoms with Gasteiger partial charge in [-0.3, -0.25) is 9.69 Å². The van der Waals surface area contributed by atoms with Crippen LogP contribution in [0, 0.1) is 0 Å². The SMILES string of the molecule is O=C1SC(Cc2ccccc2)CN1C(CCN1CCOCC1)c1ccccc1. The van der Waals surface area contributed by atoms with Gasteiger partial charge < -0.3 is 9.64 Å². The minimum Gasteiger partial charge on any atom is -0.379 e. The maximum Gasteiger partial charge on any atom is 0.282 e. The van der Waals surface area contributed by atoms with Gasteiger partial charge in [-0.15, -0.1) is 0 Å². The normalized spacial score (nSPS) is 21.8. The summed E-state index contributed by atoms with van der Waals surface area (Å²) in [6, 6.07) is 21.2. The molecule has 0 bridgehead atoms. The van der Waals surface area contributed by atoms with E-state index >= 15 is 0 Å². The molecule has 2 heterocycles. The Morgan fingerprint density at radius 2 is 1.68 bits per heavy atom. The zero-order valence-corrected chi connectivity index (χ0v) is 17.0. The first-order chi connectivity index (χ1) is 13.8. The van der Waals surface area contributed by atoms with Crippen molar-refractivity contribution in [2.45, 2.75) is 24.1 Å². The number of nitrogens with zero attached hydrogens (tertiary/aromatic N) is 2. The van der Waals surface area contributed by atoms with Crippen LogP contribution in [0.2, 0.25) is 0 Å². The van der Waals surface area contributed by atoms with Gasteiger partial charge in [0.2, 0.25) is 0 Å². The monoisotopic (exact) mass is 396 g/mol. The third kappa shape index (κ3) is 4.96. The number of ether oxygens (including phenoxy) is 1. The summed E-state index contributed by atoms with van der Waals surface area (Å²) in [6.45, 7) is 5.42. The van der Waals surface area contributed by atoms with Gasteiger partial charge in [0.1, 0.15) is 0 Å². The van der Waals surface area contributed by atoms with Crippen molar-refractivity contribution in [1.82, 2.24) is 9.80 Å². The second kappa shape index (κ2) is 9.59. The Kier molecular flexibility index (Phi) is 6.68. The molecular formula is C23H28N2O2S. The number of carbonyl (C=O) groups is 1. The van der Waals surface area contributed by atoms with E-state index in [2.05, 4.69) is 58.3 Å². The van der Waals surface area contributed by atoms with E-state index in [0.29, 0.717) is 5.25 Å². The lowest BCUT2D eigenvalue weighted by Crippen LogP contribution is -2.39. The fourth-order valence-electron chi connectivity index (χ4n) is 4.09. The summed E-state index contributed by atoms with van der Waals surface area (Å²) in [4.78, 5) is 17.5. The smallest absolute Gasteiger partial charge is 0.282 e. The number of hydrogen-bond donors (Lipinski definition) is 0. The quantitative estimate of drug-likeness (QED) is 0.701. The zero-order valence-electron chi connectivity index (χ0n) is 16.2. The van der Waals surface area contributed by atoms with Crippen LogP contribution < -0.4 is 0 Å². The molecule has 0 aromatic heterocycles. The molecule has 2 atom stereocenters. The maximum atomic E-state index is 12.9. The van der Waals surface area contributed by atoms with E-state index in [1.54, 1.807) is 0 Å². The van der Waals surface area contributed by atoms with E-state index in [9.17, 15) is 4.79 Å². The van der Waals surface area contributed by atoms with Gasteiger partial charge in [0.15, 0.2) is 0 Å². The number of carbonyl (C=O) groups excluding carboxylic acids is 1. The lowest BCUT2D eigenvalue weighted by Gasteiger charge is -2.32. The second-order valence-electron chi connectivity index (χ2n) is 7.52. The van der Waals surface area contributed by atoms with Gasteiger partial charge in [-0.2, -0.15) is 0 Å². The first kappa shape index (κ1) is 19.5. The van der Waals surface area contributed by atoms with Gasteiger partial charge in [0.25, 0.3) is 5.24 Å². The van der Waals surface area contributed by atoms with E-state index in [0.717, 1.165) is 52.2 Å². The third-order valence-electron chi connectivity index (χ3n) is 5.59. The summed E-state index contributed by atoms with van der Waals surface area (Å²) in [7, 11) is 0. The Bertz CT molecular complexity index is 750. The molecule has 0 saturated carbocycles. The van der Waals surface area contributed by atoms with E-state index < -0.39 is 0 Å². The van der Waals surface area contributed by atoms with E-state index in [1.165, 1.54) is 22.9 Å². The van der Waals surface area contributed by atoms with Crippen LogP contribution in [0.1, 0.15) is 23.6 Å². The zero-order chi connectivity index (χ0) is 19.2. The van der Waals surface area contributed by atoms with Crippen molar-refractivity contribution in [2.75, 3.05) is 39.4 Å². The number of benzene rings is 2. The first-order valence-corrected chi connectivity index (χ1v) is 11.0. The van der Waals surface area contributed by atoms with Gasteiger partial charge in [-0.25, -0.2) is 0 Å². The Labute approximate surface area is 171 Å². The highest BCUT2D eigenvalue weighted by atomic mass is 32.2. The lowest BCUT2D eigenvalue weighted by molar-refractivity contribution is 0.0343. The van der Waals surface area contributed by atoms with Gasteiger partial charge >= 0.3 is 0 Å². The van der Waals surface area contributed by atoms with Crippen molar-refractivity contribution in [3.8, 4) is 0 Å². The number of amides is 1. The highest BCUT2D eigenvalue weighted by Gasteiger charge is 2.36. The van der Waals surface area contributed by atoms with Crippen LogP contribution in [0.3, 0.4) is 0 Å². The largest absolute Gasteiger partial charge is 0.379 e. The molecule has 4 rings (SSSR count). The summed E-state index contributed by atoms with van der Waals surface area (Å²) in [5.41, 5.74) is 2.55. The van der Waals surface area contributed by atoms with Gasteiger partial charge in [0.05, 0.1) is 19.3 Å². The first-order valence-electron chi connectivity index (χ1n) is 10.2. The Balaban J connectivity index is 1.45. The van der Waals surface area contributed by atoms with Crippen LogP contribution in [0.25, 0.3) is 0 Å². The van der Waals surface area contributed by atoms with Crippen LogP contribution in [-0.2, 0) is 11.2 Å². The molecule has 0 aliphatic carbocycles. The van der Waals surface area contributed by atoms with Crippen LogP contribution in [0.15, 0.2) is 60.7 Å². The number of thioether (sulfide) groups is 1. The van der Waals surface area contributed by atoms with Crippen molar-refractivity contribution in [3.05, 3.63) is 71.8 Å². The molecule has 148 valence electrons. The topological polar surface area (TPSA) is 32.8 Å². The highest BCUT2D eigenvalue weighted by Crippen LogP contribution is 2.36. The third-order valence-corrected chi connectivity index (χ3v) is 6.68. The lowest BCUT2D eigenvalue weighted by atomic mass is 10.0.